The Hall–Kier alpha value is -1.56. The zero-order chi connectivity index (χ0) is 12.3. The Morgan fingerprint density at radius 2 is 1.82 bits per heavy atom. The Morgan fingerprint density at radius 3 is 2.47 bits per heavy atom. The molecule has 0 spiro atoms. The number of hydrogen-bond donors (Lipinski definition) is 0. The summed E-state index contributed by atoms with van der Waals surface area (Å²) in [5.74, 6) is 0.458. The molecular weight excluding hydrogens is 204 g/mol. The molecule has 0 radical (unpaired) electrons. The van der Waals surface area contributed by atoms with Gasteiger partial charge in [-0.3, -0.25) is 0 Å². The van der Waals surface area contributed by atoms with E-state index in [9.17, 15) is 0 Å². The second-order valence-electron chi connectivity index (χ2n) is 5.17. The van der Waals surface area contributed by atoms with Crippen molar-refractivity contribution >= 4 is 5.57 Å². The number of rotatable bonds is 2. The predicted octanol–water partition coefficient (Wildman–Crippen LogP) is 4.86. The summed E-state index contributed by atoms with van der Waals surface area (Å²) >= 11 is 0. The van der Waals surface area contributed by atoms with Crippen molar-refractivity contribution < 1.29 is 0 Å². The molecule has 0 bridgehead atoms. The van der Waals surface area contributed by atoms with Gasteiger partial charge in [0.05, 0.1) is 0 Å². The van der Waals surface area contributed by atoms with Gasteiger partial charge in [0.25, 0.3) is 0 Å². The van der Waals surface area contributed by atoms with Crippen molar-refractivity contribution in [3.05, 3.63) is 66.3 Å². The summed E-state index contributed by atoms with van der Waals surface area (Å²) in [7, 11) is 0. The van der Waals surface area contributed by atoms with E-state index in [0.717, 1.165) is 0 Å². The molecule has 0 aromatic heterocycles. The predicted molar refractivity (Wildman–Crippen MR) is 75.6 cm³/mol. The molecule has 1 unspecified atom stereocenters. The third kappa shape index (κ3) is 2.41. The van der Waals surface area contributed by atoms with Crippen LogP contribution in [0.4, 0.5) is 0 Å². The molecule has 88 valence electrons. The molecule has 1 aliphatic carbocycles. The van der Waals surface area contributed by atoms with Crippen LogP contribution in [0, 0.1) is 11.3 Å². The summed E-state index contributed by atoms with van der Waals surface area (Å²) < 4.78 is 0. The van der Waals surface area contributed by atoms with Crippen LogP contribution in [0.1, 0.15) is 26.3 Å². The molecule has 0 aliphatic heterocycles. The molecule has 0 heterocycles. The van der Waals surface area contributed by atoms with E-state index in [4.69, 9.17) is 0 Å². The summed E-state index contributed by atoms with van der Waals surface area (Å²) in [6.45, 7) is 6.69. The van der Waals surface area contributed by atoms with Gasteiger partial charge in [0.2, 0.25) is 0 Å². The molecule has 0 N–H and O–H groups in total. The van der Waals surface area contributed by atoms with E-state index in [1.807, 2.05) is 0 Å². The van der Waals surface area contributed by atoms with Crippen LogP contribution >= 0.6 is 0 Å². The lowest BCUT2D eigenvalue weighted by Crippen LogP contribution is -2.23. The average Bonchev–Trinajstić information content (AvgIpc) is 2.33. The minimum atomic E-state index is 0.187. The minimum absolute atomic E-state index is 0.187. The van der Waals surface area contributed by atoms with E-state index in [1.165, 1.54) is 11.1 Å². The first kappa shape index (κ1) is 11.9. The quantitative estimate of drug-likeness (QED) is 0.629. The Labute approximate surface area is 104 Å². The number of benzene rings is 1. The smallest absolute Gasteiger partial charge is 0.0110 e. The molecule has 1 atom stereocenters. The third-order valence-corrected chi connectivity index (χ3v) is 3.43. The fourth-order valence-electron chi connectivity index (χ4n) is 2.46. The number of allylic oxidation sites excluding steroid dienone is 6. The maximum Gasteiger partial charge on any atom is 0.0110 e. The third-order valence-electron chi connectivity index (χ3n) is 3.43. The topological polar surface area (TPSA) is 0 Å². The van der Waals surface area contributed by atoms with Crippen molar-refractivity contribution in [2.75, 3.05) is 0 Å². The van der Waals surface area contributed by atoms with Crippen molar-refractivity contribution in [3.63, 3.8) is 0 Å². The highest BCUT2D eigenvalue weighted by Gasteiger charge is 2.30. The van der Waals surface area contributed by atoms with Crippen LogP contribution in [-0.4, -0.2) is 0 Å². The van der Waals surface area contributed by atoms with Gasteiger partial charge in [0.15, 0.2) is 0 Å². The van der Waals surface area contributed by atoms with Crippen LogP contribution < -0.4 is 0 Å². The van der Waals surface area contributed by atoms with Crippen molar-refractivity contribution in [2.45, 2.75) is 20.8 Å². The van der Waals surface area contributed by atoms with Gasteiger partial charge in [0, 0.05) is 5.92 Å². The number of hydrogen-bond acceptors (Lipinski definition) is 0. The molecule has 1 aliphatic rings. The highest BCUT2D eigenvalue weighted by molar-refractivity contribution is 5.72. The van der Waals surface area contributed by atoms with E-state index in [1.54, 1.807) is 0 Å². The molecular formula is C17H20. The normalized spacial score (nSPS) is 22.8. The summed E-state index contributed by atoms with van der Waals surface area (Å²) in [4.78, 5) is 0. The summed E-state index contributed by atoms with van der Waals surface area (Å²) in [6, 6.07) is 10.7. The van der Waals surface area contributed by atoms with Crippen molar-refractivity contribution in [2.24, 2.45) is 11.3 Å². The fourth-order valence-corrected chi connectivity index (χ4v) is 2.46. The Kier molecular flexibility index (Phi) is 3.33. The maximum absolute atomic E-state index is 2.31. The first-order valence-corrected chi connectivity index (χ1v) is 6.23. The highest BCUT2D eigenvalue weighted by Crippen LogP contribution is 2.42. The summed E-state index contributed by atoms with van der Waals surface area (Å²) in [5, 5.41) is 0. The largest absolute Gasteiger partial charge is 0.0910 e. The lowest BCUT2D eigenvalue weighted by molar-refractivity contribution is 0.408. The van der Waals surface area contributed by atoms with Crippen LogP contribution in [0.2, 0.25) is 0 Å². The van der Waals surface area contributed by atoms with E-state index in [-0.39, 0.29) is 5.41 Å². The SMILES string of the molecule is CC=CC1C(c2ccccc2)=CC=CC1(C)C. The molecule has 2 rings (SSSR count). The molecule has 0 saturated carbocycles. The Bertz CT molecular complexity index is 458. The monoisotopic (exact) mass is 224 g/mol. The van der Waals surface area contributed by atoms with Crippen LogP contribution in [0.15, 0.2) is 60.7 Å². The van der Waals surface area contributed by atoms with Gasteiger partial charge in [-0.25, -0.2) is 0 Å². The van der Waals surface area contributed by atoms with Gasteiger partial charge in [0.1, 0.15) is 0 Å². The first-order chi connectivity index (χ1) is 8.15. The van der Waals surface area contributed by atoms with Gasteiger partial charge in [-0.15, -0.1) is 0 Å². The van der Waals surface area contributed by atoms with E-state index in [0.29, 0.717) is 5.92 Å². The molecule has 0 nitrogen and oxygen atoms in total. The summed E-state index contributed by atoms with van der Waals surface area (Å²) in [6.07, 6.45) is 11.2. The van der Waals surface area contributed by atoms with Gasteiger partial charge >= 0.3 is 0 Å². The van der Waals surface area contributed by atoms with Gasteiger partial charge < -0.3 is 0 Å². The Balaban J connectivity index is 2.45. The van der Waals surface area contributed by atoms with Crippen LogP contribution in [0.5, 0.6) is 0 Å². The second-order valence-corrected chi connectivity index (χ2v) is 5.17. The van der Waals surface area contributed by atoms with Crippen LogP contribution in [-0.2, 0) is 0 Å². The van der Waals surface area contributed by atoms with Gasteiger partial charge in [-0.1, -0.05) is 74.6 Å². The second kappa shape index (κ2) is 4.75. The molecule has 1 aromatic carbocycles. The Morgan fingerprint density at radius 1 is 1.12 bits per heavy atom. The maximum atomic E-state index is 2.31. The standard InChI is InChI=1S/C17H20/c1-4-9-16-15(12-8-13-17(16,2)3)14-10-6-5-7-11-14/h4-13,16H,1-3H3. The van der Waals surface area contributed by atoms with Crippen molar-refractivity contribution in [1.29, 1.82) is 0 Å². The van der Waals surface area contributed by atoms with E-state index in [2.05, 4.69) is 81.5 Å². The van der Waals surface area contributed by atoms with Crippen molar-refractivity contribution in [1.82, 2.24) is 0 Å². The van der Waals surface area contributed by atoms with Crippen LogP contribution in [0.3, 0.4) is 0 Å². The van der Waals surface area contributed by atoms with E-state index >= 15 is 0 Å². The average molecular weight is 224 g/mol. The zero-order valence-corrected chi connectivity index (χ0v) is 10.9. The lowest BCUT2D eigenvalue weighted by atomic mass is 9.70. The van der Waals surface area contributed by atoms with E-state index < -0.39 is 0 Å². The molecule has 0 heteroatoms. The molecule has 17 heavy (non-hydrogen) atoms. The van der Waals surface area contributed by atoms with Gasteiger partial charge in [-0.2, -0.15) is 0 Å². The van der Waals surface area contributed by atoms with Crippen LogP contribution in [0.25, 0.3) is 5.57 Å². The van der Waals surface area contributed by atoms with Gasteiger partial charge in [-0.05, 0) is 23.5 Å². The molecule has 0 amide bonds. The fraction of sp³-hybridized carbons (Fsp3) is 0.294. The zero-order valence-electron chi connectivity index (χ0n) is 10.9. The first-order valence-electron chi connectivity index (χ1n) is 6.23. The molecule has 0 saturated heterocycles. The minimum Gasteiger partial charge on any atom is -0.0910 e. The molecule has 0 fully saturated rings. The summed E-state index contributed by atoms with van der Waals surface area (Å²) in [5.41, 5.74) is 2.93. The molecule has 1 aromatic rings. The highest BCUT2D eigenvalue weighted by atomic mass is 14.3. The van der Waals surface area contributed by atoms with Crippen molar-refractivity contribution in [3.8, 4) is 0 Å². The lowest BCUT2D eigenvalue weighted by Gasteiger charge is -2.34.